The van der Waals surface area contributed by atoms with Gasteiger partial charge in [0.25, 0.3) is 0 Å². The third kappa shape index (κ3) is 2.11. The summed E-state index contributed by atoms with van der Waals surface area (Å²) < 4.78 is 0. The van der Waals surface area contributed by atoms with Crippen molar-refractivity contribution in [3.8, 4) is 11.4 Å². The second kappa shape index (κ2) is 6.21. The highest BCUT2D eigenvalue weighted by Crippen LogP contribution is 2.81. The average molecular weight is 482 g/mol. The van der Waals surface area contributed by atoms with Crippen LogP contribution in [0.5, 0.6) is 0 Å². The fourth-order valence-corrected chi connectivity index (χ4v) is 10.0. The second-order valence-corrected chi connectivity index (χ2v) is 12.5. The molecule has 0 amide bonds. The molecule has 2 N–H and O–H groups in total. The Labute approximate surface area is 213 Å². The van der Waals surface area contributed by atoms with Crippen molar-refractivity contribution in [1.29, 1.82) is 0 Å². The number of benzene rings is 2. The predicted octanol–water partition coefficient (Wildman–Crippen LogP) is 7.28. The van der Waals surface area contributed by atoms with Crippen molar-refractivity contribution >= 4 is 43.7 Å². The molecule has 5 heteroatoms. The minimum atomic E-state index is 0.272. The number of nitrogens with one attached hydrogen (secondary N) is 2. The number of imidazole rings is 1. The van der Waals surface area contributed by atoms with Crippen LogP contribution in [0.25, 0.3) is 55.1 Å². The van der Waals surface area contributed by atoms with E-state index in [2.05, 4.69) is 46.4 Å². The lowest BCUT2D eigenvalue weighted by atomic mass is 9.45. The highest BCUT2D eigenvalue weighted by molar-refractivity contribution is 6.21. The lowest BCUT2D eigenvalue weighted by molar-refractivity contribution is -0.0374. The average Bonchev–Trinajstić information content (AvgIpc) is 3.62. The molecule has 0 radical (unpaired) electrons. The van der Waals surface area contributed by atoms with Gasteiger partial charge in [-0.3, -0.25) is 9.97 Å². The number of H-pyrrole nitrogens is 2. The molecule has 4 aromatic heterocycles. The van der Waals surface area contributed by atoms with E-state index in [-0.39, 0.29) is 5.41 Å². The van der Waals surface area contributed by atoms with E-state index >= 15 is 0 Å². The fraction of sp³-hybridized carbons (Fsp3) is 0.344. The summed E-state index contributed by atoms with van der Waals surface area (Å²) in [6.07, 6.45) is 12.2. The molecule has 0 saturated heterocycles. The van der Waals surface area contributed by atoms with Gasteiger partial charge in [-0.25, -0.2) is 4.98 Å². The van der Waals surface area contributed by atoms with E-state index in [4.69, 9.17) is 15.0 Å². The monoisotopic (exact) mass is 481 g/mol. The lowest BCUT2D eigenvalue weighted by Crippen LogP contribution is -2.55. The fourth-order valence-electron chi connectivity index (χ4n) is 10.0. The molecule has 10 rings (SSSR count). The Kier molecular flexibility index (Phi) is 3.26. The molecule has 4 heterocycles. The molecule has 4 aliphatic carbocycles. The van der Waals surface area contributed by atoms with Crippen LogP contribution in [0, 0.1) is 23.2 Å². The number of rotatable bonds is 2. The maximum absolute atomic E-state index is 5.37. The lowest BCUT2D eigenvalue weighted by Gasteiger charge is -2.59. The third-order valence-electron chi connectivity index (χ3n) is 11.0. The van der Waals surface area contributed by atoms with Crippen molar-refractivity contribution in [2.24, 2.45) is 23.2 Å². The molecule has 1 spiro atoms. The van der Waals surface area contributed by atoms with E-state index in [1.54, 1.807) is 0 Å². The van der Waals surface area contributed by atoms with Crippen LogP contribution in [-0.2, 0) is 5.41 Å². The first kappa shape index (κ1) is 19.4. The Morgan fingerprint density at radius 1 is 0.703 bits per heavy atom. The zero-order valence-electron chi connectivity index (χ0n) is 20.6. The summed E-state index contributed by atoms with van der Waals surface area (Å²) in [7, 11) is 0. The van der Waals surface area contributed by atoms with Gasteiger partial charge in [-0.2, -0.15) is 0 Å². The SMILES string of the molecule is c1ccc2c(-c3nc4c5cccnc5c5ncccc5c4[nH]3)c(C34CC5CC6CC(C3)[C@]4(C6)C5)[nH]c2c1. The number of hydrogen-bond donors (Lipinski definition) is 2. The molecule has 4 aliphatic rings. The van der Waals surface area contributed by atoms with Crippen LogP contribution in [0.3, 0.4) is 0 Å². The molecule has 5 nitrogen and oxygen atoms in total. The van der Waals surface area contributed by atoms with Gasteiger partial charge in [0.1, 0.15) is 5.82 Å². The van der Waals surface area contributed by atoms with Gasteiger partial charge in [0.15, 0.2) is 0 Å². The van der Waals surface area contributed by atoms with E-state index in [0.29, 0.717) is 5.41 Å². The zero-order chi connectivity index (χ0) is 23.9. The Morgan fingerprint density at radius 3 is 2.41 bits per heavy atom. The molecule has 4 saturated carbocycles. The van der Waals surface area contributed by atoms with Gasteiger partial charge < -0.3 is 9.97 Å². The van der Waals surface area contributed by atoms with Gasteiger partial charge >= 0.3 is 0 Å². The van der Waals surface area contributed by atoms with Crippen molar-refractivity contribution in [3.63, 3.8) is 0 Å². The highest BCUT2D eigenvalue weighted by atomic mass is 15.0. The van der Waals surface area contributed by atoms with Crippen molar-refractivity contribution in [2.45, 2.75) is 43.9 Å². The summed E-state index contributed by atoms with van der Waals surface area (Å²) in [5.41, 5.74) is 8.67. The first-order chi connectivity index (χ1) is 18.2. The zero-order valence-corrected chi connectivity index (χ0v) is 20.6. The smallest absolute Gasteiger partial charge is 0.141 e. The van der Waals surface area contributed by atoms with E-state index in [1.807, 2.05) is 24.5 Å². The number of para-hydroxylation sites is 1. The van der Waals surface area contributed by atoms with Crippen LogP contribution in [-0.4, -0.2) is 24.9 Å². The summed E-state index contributed by atoms with van der Waals surface area (Å²) in [4.78, 5) is 22.6. The van der Waals surface area contributed by atoms with E-state index in [1.165, 1.54) is 60.7 Å². The van der Waals surface area contributed by atoms with Crippen LogP contribution in [0.2, 0.25) is 0 Å². The number of aromatic nitrogens is 5. The van der Waals surface area contributed by atoms with Gasteiger partial charge in [-0.15, -0.1) is 0 Å². The molecular weight excluding hydrogens is 454 g/mol. The summed E-state index contributed by atoms with van der Waals surface area (Å²) in [6, 6.07) is 17.1. The molecule has 2 aromatic carbocycles. The van der Waals surface area contributed by atoms with Crippen LogP contribution in [0.15, 0.2) is 60.9 Å². The van der Waals surface area contributed by atoms with Crippen molar-refractivity contribution < 1.29 is 0 Å². The van der Waals surface area contributed by atoms with E-state index in [9.17, 15) is 0 Å². The maximum atomic E-state index is 5.37. The summed E-state index contributed by atoms with van der Waals surface area (Å²) >= 11 is 0. The molecule has 3 bridgehead atoms. The number of pyridine rings is 2. The van der Waals surface area contributed by atoms with Gasteiger partial charge in [-0.1, -0.05) is 18.2 Å². The number of aromatic amines is 2. The van der Waals surface area contributed by atoms with E-state index < -0.39 is 0 Å². The summed E-state index contributed by atoms with van der Waals surface area (Å²) in [5, 5.41) is 3.43. The summed E-state index contributed by atoms with van der Waals surface area (Å²) in [5.74, 6) is 3.76. The van der Waals surface area contributed by atoms with Gasteiger partial charge in [0, 0.05) is 50.7 Å². The predicted molar refractivity (Wildman–Crippen MR) is 146 cm³/mol. The van der Waals surface area contributed by atoms with Crippen molar-refractivity contribution in [1.82, 2.24) is 24.9 Å². The Morgan fingerprint density at radius 2 is 1.49 bits per heavy atom. The molecule has 0 aliphatic heterocycles. The molecule has 37 heavy (non-hydrogen) atoms. The Balaban J connectivity index is 1.30. The maximum Gasteiger partial charge on any atom is 0.141 e. The minimum Gasteiger partial charge on any atom is -0.357 e. The first-order valence-electron chi connectivity index (χ1n) is 13.9. The highest BCUT2D eigenvalue weighted by Gasteiger charge is 2.75. The Bertz CT molecular complexity index is 1870. The molecule has 4 unspecified atom stereocenters. The third-order valence-corrected chi connectivity index (χ3v) is 11.0. The van der Waals surface area contributed by atoms with Crippen LogP contribution < -0.4 is 0 Å². The van der Waals surface area contributed by atoms with Crippen LogP contribution in [0.1, 0.15) is 44.2 Å². The second-order valence-electron chi connectivity index (χ2n) is 12.5. The Hall–Kier alpha value is -3.73. The van der Waals surface area contributed by atoms with E-state index in [0.717, 1.165) is 56.4 Å². The molecule has 6 aromatic rings. The molecule has 180 valence electrons. The van der Waals surface area contributed by atoms with Gasteiger partial charge in [0.05, 0.1) is 22.1 Å². The van der Waals surface area contributed by atoms with Crippen molar-refractivity contribution in [3.05, 3.63) is 66.6 Å². The van der Waals surface area contributed by atoms with Crippen LogP contribution in [0.4, 0.5) is 0 Å². The first-order valence-corrected chi connectivity index (χ1v) is 13.9. The molecule has 4 fully saturated rings. The number of hydrogen-bond acceptors (Lipinski definition) is 3. The summed E-state index contributed by atoms with van der Waals surface area (Å²) in [6.45, 7) is 0. The molecule has 5 atom stereocenters. The normalized spacial score (nSPS) is 31.6. The van der Waals surface area contributed by atoms with Crippen molar-refractivity contribution in [2.75, 3.05) is 0 Å². The quantitative estimate of drug-likeness (QED) is 0.255. The number of fused-ring (bicyclic) bond motifs is 9. The van der Waals surface area contributed by atoms with Gasteiger partial charge in [0.2, 0.25) is 0 Å². The number of nitrogens with zero attached hydrogens (tertiary/aromatic N) is 3. The topological polar surface area (TPSA) is 70.2 Å². The van der Waals surface area contributed by atoms with Gasteiger partial charge in [-0.05, 0) is 92.0 Å². The largest absolute Gasteiger partial charge is 0.357 e. The molecular formula is C32H27N5. The minimum absolute atomic E-state index is 0.272. The standard InChI is InChI=1S/C32H27N5/c1-2-8-23-20(5-1)24(29(35-23)32-15-18-11-17-12-19(16-32)31(32,13-17)14-18)30-36-27-21-6-3-9-33-25(21)26-22(28(27)37-30)7-4-10-34-26/h1-10,17-19,35H,11-16H2,(H,36,37)/t17?,18?,19?,31-,32?/m0/s1. The van der Waals surface area contributed by atoms with Crippen LogP contribution >= 0.6 is 0 Å².